The first-order valence-electron chi connectivity index (χ1n) is 6.90. The molecule has 1 N–H and O–H groups in total. The number of carbonyl (C=O) groups excluding carboxylic acids is 1. The van der Waals surface area contributed by atoms with Crippen molar-refractivity contribution in [3.63, 3.8) is 0 Å². The molecule has 3 rings (SSSR count). The van der Waals surface area contributed by atoms with Crippen LogP contribution in [0.25, 0.3) is 6.08 Å². The van der Waals surface area contributed by atoms with E-state index < -0.39 is 0 Å². The lowest BCUT2D eigenvalue weighted by Crippen LogP contribution is -2.30. The van der Waals surface area contributed by atoms with Crippen LogP contribution in [0.15, 0.2) is 36.2 Å². The molecule has 0 bridgehead atoms. The molecule has 1 aliphatic rings. The van der Waals surface area contributed by atoms with Crippen molar-refractivity contribution in [2.45, 2.75) is 13.8 Å². The highest BCUT2D eigenvalue weighted by atomic mass is 32.1. The minimum Gasteiger partial charge on any atom is -0.327 e. The molecule has 0 radical (unpaired) electrons. The third-order valence-electron chi connectivity index (χ3n) is 3.71. The number of rotatable bonds is 2. The molecule has 0 aliphatic carbocycles. The molecule has 0 unspecified atom stereocenters. The van der Waals surface area contributed by atoms with Crippen LogP contribution in [0.5, 0.6) is 0 Å². The van der Waals surface area contributed by atoms with Gasteiger partial charge in [-0.15, -0.1) is 0 Å². The zero-order valence-corrected chi connectivity index (χ0v) is 13.4. The first-order chi connectivity index (χ1) is 10.5. The minimum absolute atomic E-state index is 0.154. The van der Waals surface area contributed by atoms with Crippen molar-refractivity contribution in [3.05, 3.63) is 53.0 Å². The third-order valence-corrected chi connectivity index (χ3v) is 4.00. The van der Waals surface area contributed by atoms with Crippen LogP contribution in [0.4, 0.5) is 5.69 Å². The fourth-order valence-corrected chi connectivity index (χ4v) is 2.65. The van der Waals surface area contributed by atoms with Crippen LogP contribution in [0.3, 0.4) is 0 Å². The van der Waals surface area contributed by atoms with Crippen LogP contribution in [0.1, 0.15) is 16.8 Å². The van der Waals surface area contributed by atoms with E-state index in [1.54, 1.807) is 17.0 Å². The maximum absolute atomic E-state index is 12.6. The Morgan fingerprint density at radius 3 is 2.73 bits per heavy atom. The summed E-state index contributed by atoms with van der Waals surface area (Å²) >= 11 is 5.31. The molecule has 0 atom stereocenters. The molecule has 22 heavy (non-hydrogen) atoms. The molecule has 6 heteroatoms. The van der Waals surface area contributed by atoms with Gasteiger partial charge in [-0.1, -0.05) is 12.1 Å². The number of carbonyl (C=O) groups is 1. The number of nitrogens with zero attached hydrogens (tertiary/aromatic N) is 3. The van der Waals surface area contributed by atoms with Crippen LogP contribution in [0.2, 0.25) is 0 Å². The van der Waals surface area contributed by atoms with Crippen molar-refractivity contribution < 1.29 is 4.79 Å². The fraction of sp³-hybridized carbons (Fsp3) is 0.188. The van der Waals surface area contributed by atoms with Crippen LogP contribution in [-0.4, -0.2) is 20.8 Å². The first kappa shape index (κ1) is 14.5. The van der Waals surface area contributed by atoms with Gasteiger partial charge in [0.05, 0.1) is 11.9 Å². The topological polar surface area (TPSA) is 50.2 Å². The second-order valence-corrected chi connectivity index (χ2v) is 5.66. The largest absolute Gasteiger partial charge is 0.327 e. The monoisotopic (exact) mass is 312 g/mol. The molecule has 5 nitrogen and oxygen atoms in total. The van der Waals surface area contributed by atoms with E-state index in [1.807, 2.05) is 45.2 Å². The zero-order chi connectivity index (χ0) is 15.9. The van der Waals surface area contributed by atoms with Gasteiger partial charge in [-0.2, -0.15) is 5.10 Å². The fourth-order valence-electron chi connectivity index (χ4n) is 2.35. The molecular weight excluding hydrogens is 296 g/mol. The number of aryl methyl sites for hydroxylation is 2. The van der Waals surface area contributed by atoms with Crippen molar-refractivity contribution >= 4 is 35.0 Å². The standard InChI is InChI=1S/C16H16N4OS/c1-10-5-4-6-13(7-10)20-15(21)14(18-16(20)22)8-12-9-17-19(3)11(12)2/h4-9H,1-3H3,(H,18,22)/b14-8-. The van der Waals surface area contributed by atoms with E-state index in [1.165, 1.54) is 4.90 Å². The molecular formula is C16H16N4OS. The Morgan fingerprint density at radius 2 is 2.09 bits per heavy atom. The average Bonchev–Trinajstić information content (AvgIpc) is 2.93. The van der Waals surface area contributed by atoms with Crippen molar-refractivity contribution in [1.29, 1.82) is 0 Å². The summed E-state index contributed by atoms with van der Waals surface area (Å²) in [5.74, 6) is -0.154. The van der Waals surface area contributed by atoms with Crippen molar-refractivity contribution in [2.24, 2.45) is 7.05 Å². The van der Waals surface area contributed by atoms with E-state index in [-0.39, 0.29) is 5.91 Å². The zero-order valence-electron chi connectivity index (χ0n) is 12.6. The number of hydrogen-bond donors (Lipinski definition) is 1. The Morgan fingerprint density at radius 1 is 1.32 bits per heavy atom. The molecule has 1 aromatic heterocycles. The minimum atomic E-state index is -0.154. The Bertz CT molecular complexity index is 806. The van der Waals surface area contributed by atoms with E-state index in [0.29, 0.717) is 10.8 Å². The molecule has 1 amide bonds. The van der Waals surface area contributed by atoms with Gasteiger partial charge in [0.25, 0.3) is 5.91 Å². The normalized spacial score (nSPS) is 16.5. The molecule has 112 valence electrons. The summed E-state index contributed by atoms with van der Waals surface area (Å²) in [6.07, 6.45) is 3.52. The smallest absolute Gasteiger partial charge is 0.281 e. The maximum Gasteiger partial charge on any atom is 0.281 e. The van der Waals surface area contributed by atoms with Crippen LogP contribution in [-0.2, 0) is 11.8 Å². The van der Waals surface area contributed by atoms with Crippen LogP contribution >= 0.6 is 12.2 Å². The van der Waals surface area contributed by atoms with Gasteiger partial charge in [0.2, 0.25) is 0 Å². The molecule has 1 fully saturated rings. The lowest BCUT2D eigenvalue weighted by atomic mass is 10.2. The van der Waals surface area contributed by atoms with Gasteiger partial charge >= 0.3 is 0 Å². The quantitative estimate of drug-likeness (QED) is 0.683. The number of nitrogens with one attached hydrogen (secondary N) is 1. The Hall–Kier alpha value is -2.47. The maximum atomic E-state index is 12.6. The highest BCUT2D eigenvalue weighted by Crippen LogP contribution is 2.23. The third kappa shape index (κ3) is 2.42. The summed E-state index contributed by atoms with van der Waals surface area (Å²) < 4.78 is 1.77. The predicted octanol–water partition coefficient (Wildman–Crippen LogP) is 2.30. The second kappa shape index (κ2) is 5.38. The van der Waals surface area contributed by atoms with Gasteiger partial charge in [-0.3, -0.25) is 14.4 Å². The average molecular weight is 312 g/mol. The SMILES string of the molecule is Cc1cccc(N2C(=O)/C(=C/c3cnn(C)c3C)NC2=S)c1. The number of thiocarbonyl (C=S) groups is 1. The highest BCUT2D eigenvalue weighted by molar-refractivity contribution is 7.80. The van der Waals surface area contributed by atoms with Gasteiger partial charge in [-0.25, -0.2) is 0 Å². The molecule has 2 heterocycles. The molecule has 1 saturated heterocycles. The first-order valence-corrected chi connectivity index (χ1v) is 7.30. The molecule has 0 saturated carbocycles. The number of aromatic nitrogens is 2. The number of anilines is 1. The summed E-state index contributed by atoms with van der Waals surface area (Å²) in [4.78, 5) is 14.1. The molecule has 1 aliphatic heterocycles. The molecule has 2 aromatic rings. The van der Waals surface area contributed by atoms with E-state index in [4.69, 9.17) is 12.2 Å². The van der Waals surface area contributed by atoms with Gasteiger partial charge < -0.3 is 5.32 Å². The van der Waals surface area contributed by atoms with E-state index in [2.05, 4.69) is 10.4 Å². The van der Waals surface area contributed by atoms with Crippen LogP contribution in [0, 0.1) is 13.8 Å². The molecule has 0 spiro atoms. The molecule has 1 aromatic carbocycles. The lowest BCUT2D eigenvalue weighted by Gasteiger charge is -2.14. The summed E-state index contributed by atoms with van der Waals surface area (Å²) in [7, 11) is 1.87. The summed E-state index contributed by atoms with van der Waals surface area (Å²) in [5, 5.41) is 7.56. The van der Waals surface area contributed by atoms with E-state index in [0.717, 1.165) is 22.5 Å². The summed E-state index contributed by atoms with van der Waals surface area (Å²) in [6.45, 7) is 3.94. The van der Waals surface area contributed by atoms with Crippen molar-refractivity contribution in [2.75, 3.05) is 4.90 Å². The summed E-state index contributed by atoms with van der Waals surface area (Å²) in [6, 6.07) is 7.70. The van der Waals surface area contributed by atoms with E-state index >= 15 is 0 Å². The van der Waals surface area contributed by atoms with E-state index in [9.17, 15) is 4.79 Å². The Balaban J connectivity index is 1.96. The van der Waals surface area contributed by atoms with Gasteiger partial charge in [-0.05, 0) is 49.8 Å². The Kier molecular flexibility index (Phi) is 3.54. The van der Waals surface area contributed by atoms with Crippen molar-refractivity contribution in [1.82, 2.24) is 15.1 Å². The summed E-state index contributed by atoms with van der Waals surface area (Å²) in [5.41, 5.74) is 4.19. The highest BCUT2D eigenvalue weighted by Gasteiger charge is 2.32. The van der Waals surface area contributed by atoms with Crippen molar-refractivity contribution in [3.8, 4) is 0 Å². The van der Waals surface area contributed by atoms with Gasteiger partial charge in [0, 0.05) is 18.3 Å². The Labute approximate surface area is 134 Å². The number of amides is 1. The second-order valence-electron chi connectivity index (χ2n) is 5.28. The van der Waals surface area contributed by atoms with Gasteiger partial charge in [0.1, 0.15) is 5.70 Å². The van der Waals surface area contributed by atoms with Crippen LogP contribution < -0.4 is 10.2 Å². The number of benzene rings is 1. The lowest BCUT2D eigenvalue weighted by molar-refractivity contribution is -0.113. The van der Waals surface area contributed by atoms with Gasteiger partial charge in [0.15, 0.2) is 5.11 Å². The number of hydrogen-bond acceptors (Lipinski definition) is 3. The predicted molar refractivity (Wildman–Crippen MR) is 90.3 cm³/mol.